The number of piperazine rings is 1. The molecule has 3 heterocycles. The summed E-state index contributed by atoms with van der Waals surface area (Å²) in [5.74, 6) is 0.426. The van der Waals surface area contributed by atoms with Gasteiger partial charge in [0.1, 0.15) is 0 Å². The van der Waals surface area contributed by atoms with Crippen LogP contribution in [0.5, 0.6) is 11.5 Å². The number of rotatable bonds is 1. The van der Waals surface area contributed by atoms with Crippen molar-refractivity contribution < 1.29 is 19.1 Å². The molecule has 1 aromatic rings. The molecule has 2 fully saturated rings. The summed E-state index contributed by atoms with van der Waals surface area (Å²) in [7, 11) is 1.53. The fourth-order valence-electron chi connectivity index (χ4n) is 4.20. The van der Waals surface area contributed by atoms with Crippen LogP contribution in [0.1, 0.15) is 31.9 Å². The van der Waals surface area contributed by atoms with E-state index >= 15 is 0 Å². The smallest absolute Gasteiger partial charge is 0.260 e. The second-order valence-electron chi connectivity index (χ2n) is 7.60. The molecule has 0 spiro atoms. The van der Waals surface area contributed by atoms with E-state index in [-0.39, 0.29) is 25.0 Å². The van der Waals surface area contributed by atoms with E-state index < -0.39 is 21.2 Å². The lowest BCUT2D eigenvalue weighted by Gasteiger charge is -2.50. The van der Waals surface area contributed by atoms with Crippen LogP contribution < -0.4 is 9.47 Å². The summed E-state index contributed by atoms with van der Waals surface area (Å²) < 4.78 is 10.8. The second kappa shape index (κ2) is 5.49. The highest BCUT2D eigenvalue weighted by Crippen LogP contribution is 2.59. The number of benzene rings is 1. The second-order valence-corrected chi connectivity index (χ2v) is 9.21. The summed E-state index contributed by atoms with van der Waals surface area (Å²) in [6.45, 7) is 3.44. The van der Waals surface area contributed by atoms with Gasteiger partial charge in [-0.05, 0) is 31.5 Å². The summed E-state index contributed by atoms with van der Waals surface area (Å²) in [5.41, 5.74) is -0.329. The van der Waals surface area contributed by atoms with Crippen LogP contribution >= 0.6 is 25.3 Å². The summed E-state index contributed by atoms with van der Waals surface area (Å²) in [4.78, 5) is 26.4. The molecule has 0 bridgehead atoms. The predicted molar refractivity (Wildman–Crippen MR) is 102 cm³/mol. The van der Waals surface area contributed by atoms with E-state index in [9.17, 15) is 14.9 Å². The number of nitriles is 1. The average molecular weight is 406 g/mol. The normalized spacial score (nSPS) is 37.4. The fraction of sp³-hybridized carbons (Fsp3) is 0.500. The third-order valence-electron chi connectivity index (χ3n) is 5.77. The Morgan fingerprint density at radius 3 is 2.52 bits per heavy atom. The quantitative estimate of drug-likeness (QED) is 0.698. The highest BCUT2D eigenvalue weighted by Gasteiger charge is 2.68. The monoisotopic (exact) mass is 405 g/mol. The minimum atomic E-state index is -1.42. The Labute approximate surface area is 168 Å². The third-order valence-corrected chi connectivity index (χ3v) is 6.82. The van der Waals surface area contributed by atoms with Crippen molar-refractivity contribution >= 4 is 37.1 Å². The first kappa shape index (κ1) is 18.3. The molecule has 142 valence electrons. The molecule has 3 aliphatic rings. The molecule has 0 aromatic heterocycles. The Balaban J connectivity index is 1.91. The molecule has 0 saturated carbocycles. The van der Waals surface area contributed by atoms with Gasteiger partial charge in [0.25, 0.3) is 11.8 Å². The van der Waals surface area contributed by atoms with Crippen molar-refractivity contribution in [2.75, 3.05) is 13.8 Å². The molecule has 1 aromatic carbocycles. The van der Waals surface area contributed by atoms with Gasteiger partial charge in [0.15, 0.2) is 21.2 Å². The highest BCUT2D eigenvalue weighted by molar-refractivity contribution is 7.83. The topological polar surface area (TPSA) is 82.9 Å². The number of hydrogen-bond acceptors (Lipinski definition) is 7. The number of likely N-dealkylation sites (N-methyl/N-ethyl adjacent to an activating group) is 1. The molecule has 4 rings (SSSR count). The van der Waals surface area contributed by atoms with Crippen molar-refractivity contribution in [3.05, 3.63) is 23.8 Å². The molecular formula is C18H19N3O4S2. The van der Waals surface area contributed by atoms with Gasteiger partial charge >= 0.3 is 0 Å². The third kappa shape index (κ3) is 2.23. The van der Waals surface area contributed by atoms with Gasteiger partial charge in [-0.2, -0.15) is 5.26 Å². The van der Waals surface area contributed by atoms with Crippen LogP contribution in [0.3, 0.4) is 0 Å². The first-order chi connectivity index (χ1) is 12.6. The van der Waals surface area contributed by atoms with Crippen molar-refractivity contribution in [3.63, 3.8) is 0 Å². The molecule has 0 N–H and O–H groups in total. The number of hydrogen-bond donors (Lipinski definition) is 2. The van der Waals surface area contributed by atoms with Gasteiger partial charge in [-0.15, -0.1) is 25.3 Å². The molecular weight excluding hydrogens is 386 g/mol. The van der Waals surface area contributed by atoms with Gasteiger partial charge in [-0.3, -0.25) is 9.59 Å². The Kier molecular flexibility index (Phi) is 3.72. The fourth-order valence-corrected chi connectivity index (χ4v) is 5.08. The summed E-state index contributed by atoms with van der Waals surface area (Å²) in [6.07, 6.45) is 0.109. The molecule has 2 saturated heterocycles. The lowest BCUT2D eigenvalue weighted by Crippen LogP contribution is -2.69. The van der Waals surface area contributed by atoms with Crippen molar-refractivity contribution in [3.8, 4) is 17.6 Å². The molecule has 27 heavy (non-hydrogen) atoms. The van der Waals surface area contributed by atoms with Crippen LogP contribution in [0.25, 0.3) is 0 Å². The van der Waals surface area contributed by atoms with Crippen LogP contribution in [-0.4, -0.2) is 45.2 Å². The van der Waals surface area contributed by atoms with Gasteiger partial charge in [0.2, 0.25) is 6.79 Å². The zero-order valence-corrected chi connectivity index (χ0v) is 16.9. The Morgan fingerprint density at radius 2 is 1.85 bits per heavy atom. The number of carbonyl (C=O) groups excluding carboxylic acids is 2. The van der Waals surface area contributed by atoms with E-state index in [1.54, 1.807) is 32.0 Å². The summed E-state index contributed by atoms with van der Waals surface area (Å²) in [6, 6.07) is 6.93. The average Bonchev–Trinajstić information content (AvgIpc) is 3.19. The Hall–Kier alpha value is -2.05. The van der Waals surface area contributed by atoms with Crippen molar-refractivity contribution in [2.24, 2.45) is 5.41 Å². The first-order valence-corrected chi connectivity index (χ1v) is 9.33. The van der Waals surface area contributed by atoms with Crippen LogP contribution in [0.4, 0.5) is 0 Å². The molecule has 4 atom stereocenters. The number of carbonyl (C=O) groups is 2. The zero-order valence-electron chi connectivity index (χ0n) is 15.1. The number of nitrogens with zero attached hydrogens (tertiary/aromatic N) is 3. The van der Waals surface area contributed by atoms with E-state index in [2.05, 4.69) is 31.3 Å². The Morgan fingerprint density at radius 1 is 1.19 bits per heavy atom. The van der Waals surface area contributed by atoms with Crippen LogP contribution in [0, 0.1) is 16.7 Å². The van der Waals surface area contributed by atoms with Crippen molar-refractivity contribution in [1.29, 1.82) is 5.26 Å². The lowest BCUT2D eigenvalue weighted by molar-refractivity contribution is -0.163. The Bertz CT molecular complexity index is 914. The molecule has 7 nitrogen and oxygen atoms in total. The molecule has 0 aliphatic carbocycles. The van der Waals surface area contributed by atoms with Crippen molar-refractivity contribution in [2.45, 2.75) is 36.1 Å². The summed E-state index contributed by atoms with van der Waals surface area (Å²) in [5, 5.41) is 9.96. The van der Waals surface area contributed by atoms with Gasteiger partial charge in [-0.25, -0.2) is 0 Å². The molecule has 2 amide bonds. The van der Waals surface area contributed by atoms with Gasteiger partial charge in [-0.1, -0.05) is 6.07 Å². The van der Waals surface area contributed by atoms with Crippen molar-refractivity contribution in [1.82, 2.24) is 9.80 Å². The molecule has 9 heteroatoms. The first-order valence-electron chi connectivity index (χ1n) is 8.44. The van der Waals surface area contributed by atoms with Crippen LogP contribution in [0.2, 0.25) is 0 Å². The lowest BCUT2D eigenvalue weighted by atomic mass is 9.79. The predicted octanol–water partition coefficient (Wildman–Crippen LogP) is 1.96. The maximum absolute atomic E-state index is 13.4. The van der Waals surface area contributed by atoms with Gasteiger partial charge in [0, 0.05) is 13.5 Å². The zero-order chi connectivity index (χ0) is 19.8. The highest BCUT2D eigenvalue weighted by atomic mass is 32.1. The van der Waals surface area contributed by atoms with Crippen LogP contribution in [-0.2, 0) is 9.59 Å². The summed E-state index contributed by atoms with van der Waals surface area (Å²) >= 11 is 9.07. The van der Waals surface area contributed by atoms with E-state index in [0.717, 1.165) is 0 Å². The van der Waals surface area contributed by atoms with E-state index in [0.29, 0.717) is 17.1 Å². The van der Waals surface area contributed by atoms with Gasteiger partial charge < -0.3 is 19.3 Å². The number of ether oxygens (including phenoxy) is 2. The van der Waals surface area contributed by atoms with Crippen LogP contribution in [0.15, 0.2) is 18.2 Å². The maximum Gasteiger partial charge on any atom is 0.260 e. The van der Waals surface area contributed by atoms with E-state index in [4.69, 9.17) is 9.47 Å². The van der Waals surface area contributed by atoms with E-state index in [1.165, 1.54) is 16.8 Å². The maximum atomic E-state index is 13.4. The van der Waals surface area contributed by atoms with E-state index in [1.807, 2.05) is 0 Å². The number of thiol groups is 2. The number of amides is 2. The van der Waals surface area contributed by atoms with Gasteiger partial charge in [0.05, 0.1) is 17.5 Å². The minimum Gasteiger partial charge on any atom is -0.454 e. The molecule has 0 radical (unpaired) electrons. The molecule has 3 aliphatic heterocycles. The molecule has 1 unspecified atom stereocenters. The minimum absolute atomic E-state index is 0.109. The standard InChI is InChI=1S/C18H19N3O4S2/c1-16(8-19)7-18(27)15(23)20(3)17(2,26)14(22)21(18)13(16)10-4-5-11-12(6-10)25-9-24-11/h4-6,13,26-27H,7,9H2,1-3H3/t13?,16-,17+,18+/m1/s1. The number of fused-ring (bicyclic) bond motifs is 2. The SMILES string of the molecule is CN1C(=O)[C@@]2(S)C[C@](C)(C#N)C(c3ccc4c(c3)OCO4)N2C(=O)[C@]1(C)S. The largest absolute Gasteiger partial charge is 0.454 e.